The second-order valence-electron chi connectivity index (χ2n) is 5.50. The van der Waals surface area contributed by atoms with Crippen molar-refractivity contribution in [3.05, 3.63) is 46.2 Å². The van der Waals surface area contributed by atoms with E-state index in [9.17, 15) is 0 Å². The van der Waals surface area contributed by atoms with Gasteiger partial charge < -0.3 is 5.73 Å². The third kappa shape index (κ3) is 2.47. The smallest absolute Gasteiger partial charge is 0.0808 e. The molecule has 0 spiro atoms. The largest absolute Gasteiger partial charge is 0.402 e. The molecule has 1 atom stereocenters. The van der Waals surface area contributed by atoms with E-state index in [4.69, 9.17) is 5.73 Å². The van der Waals surface area contributed by atoms with Gasteiger partial charge in [0.15, 0.2) is 0 Å². The van der Waals surface area contributed by atoms with Crippen molar-refractivity contribution in [3.63, 3.8) is 0 Å². The van der Waals surface area contributed by atoms with Gasteiger partial charge in [-0.3, -0.25) is 4.99 Å². The summed E-state index contributed by atoms with van der Waals surface area (Å²) in [6.45, 7) is 8.81. The Kier molecular flexibility index (Phi) is 3.55. The molecule has 0 bridgehead atoms. The molecule has 0 radical (unpaired) electrons. The zero-order chi connectivity index (χ0) is 13.3. The summed E-state index contributed by atoms with van der Waals surface area (Å²) < 4.78 is 0. The fourth-order valence-corrected chi connectivity index (χ4v) is 2.71. The molecule has 96 valence electrons. The Morgan fingerprint density at radius 3 is 2.61 bits per heavy atom. The van der Waals surface area contributed by atoms with Gasteiger partial charge in [0.1, 0.15) is 0 Å². The maximum atomic E-state index is 5.94. The van der Waals surface area contributed by atoms with Gasteiger partial charge in [-0.1, -0.05) is 31.5 Å². The molecular weight excluding hydrogens is 220 g/mol. The molecule has 2 N–H and O–H groups in total. The van der Waals surface area contributed by atoms with Crippen LogP contribution >= 0.6 is 0 Å². The maximum absolute atomic E-state index is 5.94. The molecule has 0 aliphatic carbocycles. The van der Waals surface area contributed by atoms with Gasteiger partial charge in [-0.05, 0) is 42.5 Å². The van der Waals surface area contributed by atoms with Gasteiger partial charge in [0.05, 0.1) is 6.04 Å². The Hall–Kier alpha value is -1.57. The van der Waals surface area contributed by atoms with Crippen molar-refractivity contribution in [2.24, 2.45) is 10.7 Å². The van der Waals surface area contributed by atoms with Gasteiger partial charge >= 0.3 is 0 Å². The first-order chi connectivity index (χ1) is 8.49. The molecule has 18 heavy (non-hydrogen) atoms. The minimum absolute atomic E-state index is 0.188. The lowest BCUT2D eigenvalue weighted by Crippen LogP contribution is -2.12. The highest BCUT2D eigenvalue weighted by Gasteiger charge is 2.20. The van der Waals surface area contributed by atoms with E-state index >= 15 is 0 Å². The Balaban J connectivity index is 2.50. The monoisotopic (exact) mass is 242 g/mol. The van der Waals surface area contributed by atoms with Crippen LogP contribution in [-0.2, 0) is 0 Å². The van der Waals surface area contributed by atoms with Gasteiger partial charge in [-0.25, -0.2) is 0 Å². The quantitative estimate of drug-likeness (QED) is 0.842. The highest BCUT2D eigenvalue weighted by molar-refractivity contribution is 5.73. The number of rotatable bonds is 2. The fraction of sp³-hybridized carbons (Fsp3) is 0.438. The van der Waals surface area contributed by atoms with E-state index in [-0.39, 0.29) is 6.04 Å². The lowest BCUT2D eigenvalue weighted by Gasteiger charge is -2.24. The summed E-state index contributed by atoms with van der Waals surface area (Å²) in [6.07, 6.45) is 4.57. The normalized spacial score (nSPS) is 19.2. The number of nitrogens with zero attached hydrogens (tertiary/aromatic N) is 1. The lowest BCUT2D eigenvalue weighted by molar-refractivity contribution is 0.681. The number of benzene rings is 1. The van der Waals surface area contributed by atoms with Crippen molar-refractivity contribution in [1.29, 1.82) is 0 Å². The van der Waals surface area contributed by atoms with Crippen LogP contribution in [0.25, 0.3) is 0 Å². The van der Waals surface area contributed by atoms with Crippen LogP contribution in [0.3, 0.4) is 0 Å². The summed E-state index contributed by atoms with van der Waals surface area (Å²) in [6, 6.07) is 4.72. The number of dihydropyridines is 1. The Morgan fingerprint density at radius 1 is 1.28 bits per heavy atom. The number of aliphatic imine (C=N–C) groups is 1. The topological polar surface area (TPSA) is 38.4 Å². The van der Waals surface area contributed by atoms with E-state index in [0.717, 1.165) is 12.1 Å². The summed E-state index contributed by atoms with van der Waals surface area (Å²) in [4.78, 5) is 4.60. The molecule has 2 nitrogen and oxygen atoms in total. The van der Waals surface area contributed by atoms with Crippen LogP contribution in [0.15, 0.2) is 28.9 Å². The summed E-state index contributed by atoms with van der Waals surface area (Å²) in [5.74, 6) is 0.515. The highest BCUT2D eigenvalue weighted by Crippen LogP contribution is 2.35. The van der Waals surface area contributed by atoms with E-state index in [1.165, 1.54) is 22.3 Å². The van der Waals surface area contributed by atoms with E-state index in [2.05, 4.69) is 44.8 Å². The average molecular weight is 242 g/mol. The van der Waals surface area contributed by atoms with Gasteiger partial charge in [0, 0.05) is 18.3 Å². The van der Waals surface area contributed by atoms with Gasteiger partial charge in [0.2, 0.25) is 0 Å². The van der Waals surface area contributed by atoms with Crippen molar-refractivity contribution in [3.8, 4) is 0 Å². The Bertz CT molecular complexity index is 510. The zero-order valence-electron chi connectivity index (χ0n) is 11.7. The predicted octanol–water partition coefficient (Wildman–Crippen LogP) is 3.79. The first kappa shape index (κ1) is 12.9. The minimum atomic E-state index is 0.188. The lowest BCUT2D eigenvalue weighted by atomic mass is 9.86. The average Bonchev–Trinajstić information content (AvgIpc) is 2.27. The van der Waals surface area contributed by atoms with E-state index in [1.807, 2.05) is 12.3 Å². The van der Waals surface area contributed by atoms with Crippen LogP contribution in [0.5, 0.6) is 0 Å². The summed E-state index contributed by atoms with van der Waals surface area (Å²) in [5, 5.41) is 0. The molecule has 1 aliphatic rings. The number of aryl methyl sites for hydroxylation is 2. The van der Waals surface area contributed by atoms with E-state index < -0.39 is 0 Å². The molecular formula is C16H22N2. The predicted molar refractivity (Wildman–Crippen MR) is 78.1 cm³/mol. The number of hydrogen-bond acceptors (Lipinski definition) is 2. The number of nitrogens with two attached hydrogens (primary N) is 1. The summed E-state index contributed by atoms with van der Waals surface area (Å²) in [5.41, 5.74) is 12.3. The molecule has 1 aromatic rings. The first-order valence-electron chi connectivity index (χ1n) is 6.58. The minimum Gasteiger partial charge on any atom is -0.402 e. The van der Waals surface area contributed by atoms with Crippen molar-refractivity contribution in [1.82, 2.24) is 0 Å². The van der Waals surface area contributed by atoms with E-state index in [0.29, 0.717) is 5.92 Å². The molecule has 0 saturated heterocycles. The maximum Gasteiger partial charge on any atom is 0.0808 e. The number of allylic oxidation sites excluding steroid dienone is 1. The molecule has 2 rings (SSSR count). The second kappa shape index (κ2) is 4.97. The Labute approximate surface area is 110 Å². The van der Waals surface area contributed by atoms with Crippen LogP contribution in [0.2, 0.25) is 0 Å². The first-order valence-corrected chi connectivity index (χ1v) is 6.58. The summed E-state index contributed by atoms with van der Waals surface area (Å²) >= 11 is 0. The Morgan fingerprint density at radius 2 is 2.00 bits per heavy atom. The van der Waals surface area contributed by atoms with Gasteiger partial charge in [0.25, 0.3) is 0 Å². The zero-order valence-corrected chi connectivity index (χ0v) is 11.7. The van der Waals surface area contributed by atoms with Gasteiger partial charge in [-0.15, -0.1) is 0 Å². The molecule has 0 fully saturated rings. The fourth-order valence-electron chi connectivity index (χ4n) is 2.71. The van der Waals surface area contributed by atoms with Crippen LogP contribution < -0.4 is 5.73 Å². The summed E-state index contributed by atoms with van der Waals surface area (Å²) in [7, 11) is 0. The number of hydrogen-bond donors (Lipinski definition) is 1. The molecule has 1 unspecified atom stereocenters. The SMILES string of the molecule is Cc1cc(C)c(C2CC(N)=CC=N2)c(C(C)C)c1. The standard InChI is InChI=1S/C16H22N2/c1-10(2)14-8-11(3)7-12(4)16(14)15-9-13(17)5-6-18-15/h5-8,10,15H,9,17H2,1-4H3. The van der Waals surface area contributed by atoms with Crippen molar-refractivity contribution < 1.29 is 0 Å². The molecule has 0 aromatic heterocycles. The second-order valence-corrected chi connectivity index (χ2v) is 5.50. The van der Waals surface area contributed by atoms with Gasteiger partial charge in [-0.2, -0.15) is 0 Å². The van der Waals surface area contributed by atoms with Crippen molar-refractivity contribution in [2.75, 3.05) is 0 Å². The highest BCUT2D eigenvalue weighted by atomic mass is 14.8. The molecule has 0 amide bonds. The molecule has 1 aromatic carbocycles. The molecule has 0 saturated carbocycles. The molecule has 2 heteroatoms. The van der Waals surface area contributed by atoms with E-state index in [1.54, 1.807) is 0 Å². The van der Waals surface area contributed by atoms with Crippen LogP contribution in [0.4, 0.5) is 0 Å². The van der Waals surface area contributed by atoms with Crippen molar-refractivity contribution in [2.45, 2.75) is 46.1 Å². The third-order valence-corrected chi connectivity index (χ3v) is 3.50. The molecule has 1 heterocycles. The van der Waals surface area contributed by atoms with Crippen molar-refractivity contribution >= 4 is 6.21 Å². The third-order valence-electron chi connectivity index (χ3n) is 3.50. The van der Waals surface area contributed by atoms with Crippen LogP contribution in [0, 0.1) is 13.8 Å². The van der Waals surface area contributed by atoms with Crippen LogP contribution in [-0.4, -0.2) is 6.21 Å². The molecule has 1 aliphatic heterocycles. The van der Waals surface area contributed by atoms with Crippen LogP contribution in [0.1, 0.15) is 54.5 Å².